The molecule has 6 nitrogen and oxygen atoms in total. The third kappa shape index (κ3) is 4.09. The van der Waals surface area contributed by atoms with Gasteiger partial charge in [0.05, 0.1) is 17.8 Å². The normalized spacial score (nSPS) is 21.5. The molecular formula is C29H25F4N3O3. The molecule has 0 fully saturated rings. The van der Waals surface area contributed by atoms with Crippen LogP contribution in [0.5, 0.6) is 11.5 Å². The smallest absolute Gasteiger partial charge is 0.469 e. The van der Waals surface area contributed by atoms with Crippen molar-refractivity contribution >= 4 is 17.4 Å². The Hall–Kier alpha value is -4.08. The number of anilines is 1. The van der Waals surface area contributed by atoms with Gasteiger partial charge in [0.25, 0.3) is 0 Å². The van der Waals surface area contributed by atoms with Crippen LogP contribution >= 0.6 is 0 Å². The summed E-state index contributed by atoms with van der Waals surface area (Å²) in [5, 5.41) is 5.95. The van der Waals surface area contributed by atoms with E-state index in [1.165, 1.54) is 18.1 Å². The summed E-state index contributed by atoms with van der Waals surface area (Å²) in [5.41, 5.74) is 2.26. The predicted octanol–water partition coefficient (Wildman–Crippen LogP) is 6.54. The Morgan fingerprint density at radius 1 is 0.974 bits per heavy atom. The van der Waals surface area contributed by atoms with Gasteiger partial charge in [0.15, 0.2) is 0 Å². The molecule has 2 amide bonds. The number of urea groups is 1. The van der Waals surface area contributed by atoms with Crippen LogP contribution in [-0.2, 0) is 12.3 Å². The van der Waals surface area contributed by atoms with E-state index in [9.17, 15) is 22.4 Å². The Bertz CT molecular complexity index is 1510. The number of halogens is 4. The zero-order valence-electron chi connectivity index (χ0n) is 21.4. The Labute approximate surface area is 222 Å². The molecule has 0 N–H and O–H groups in total. The summed E-state index contributed by atoms with van der Waals surface area (Å²) in [7, 11) is 1.38. The summed E-state index contributed by atoms with van der Waals surface area (Å²) in [6.45, 7) is 4.25. The standard InChI is InChI=1S/C29H25F4N3O3/c1-27(2)15-19-13-18(9-11-23(19)38-27)25-21(17-7-5-4-6-8-17)16-36(34-25)26(37)35(3)20-10-12-24-22(14-20)28(30,31)29(32,33)39-24/h4-14,21H,15-16H2,1-3H3. The number of hydrazone groups is 1. The van der Waals surface area contributed by atoms with E-state index in [0.717, 1.165) is 45.9 Å². The fraction of sp³-hybridized carbons (Fsp3) is 0.310. The lowest BCUT2D eigenvalue weighted by molar-refractivity contribution is -0.296. The van der Waals surface area contributed by atoms with E-state index >= 15 is 0 Å². The highest BCUT2D eigenvalue weighted by molar-refractivity contribution is 6.08. The number of fused-ring (bicyclic) bond motifs is 2. The Morgan fingerprint density at radius 3 is 2.44 bits per heavy atom. The van der Waals surface area contributed by atoms with Crippen molar-refractivity contribution in [1.82, 2.24) is 5.01 Å². The third-order valence-electron chi connectivity index (χ3n) is 7.27. The Kier molecular flexibility index (Phi) is 5.47. The second kappa shape index (κ2) is 8.46. The molecule has 3 aromatic rings. The van der Waals surface area contributed by atoms with Crippen molar-refractivity contribution in [3.8, 4) is 11.5 Å². The van der Waals surface area contributed by atoms with Crippen molar-refractivity contribution in [1.29, 1.82) is 0 Å². The number of ether oxygens (including phenoxy) is 2. The van der Waals surface area contributed by atoms with Crippen LogP contribution in [0.25, 0.3) is 0 Å². The Morgan fingerprint density at radius 2 is 1.69 bits per heavy atom. The summed E-state index contributed by atoms with van der Waals surface area (Å²) >= 11 is 0. The quantitative estimate of drug-likeness (QED) is 0.356. The molecule has 3 aromatic carbocycles. The van der Waals surface area contributed by atoms with E-state index in [0.29, 0.717) is 5.71 Å². The van der Waals surface area contributed by atoms with Crippen LogP contribution in [0.1, 0.15) is 42.0 Å². The number of rotatable bonds is 3. The number of carbonyl (C=O) groups excluding carboxylic acids is 1. The first-order valence-corrected chi connectivity index (χ1v) is 12.5. The topological polar surface area (TPSA) is 54.4 Å². The largest absolute Gasteiger partial charge is 0.487 e. The molecule has 6 rings (SSSR count). The van der Waals surface area contributed by atoms with Gasteiger partial charge in [-0.1, -0.05) is 30.3 Å². The molecule has 0 bridgehead atoms. The molecule has 1 atom stereocenters. The highest BCUT2D eigenvalue weighted by Crippen LogP contribution is 2.54. The molecule has 0 saturated heterocycles. The first-order valence-electron chi connectivity index (χ1n) is 12.5. The summed E-state index contributed by atoms with van der Waals surface area (Å²) in [4.78, 5) is 14.6. The zero-order chi connectivity index (χ0) is 27.7. The zero-order valence-corrected chi connectivity index (χ0v) is 21.4. The molecule has 3 aliphatic heterocycles. The van der Waals surface area contributed by atoms with Crippen molar-refractivity contribution < 1.29 is 31.8 Å². The van der Waals surface area contributed by atoms with E-state index in [-0.39, 0.29) is 23.8 Å². The highest BCUT2D eigenvalue weighted by Gasteiger charge is 2.66. The molecule has 0 aromatic heterocycles. The van der Waals surface area contributed by atoms with Gasteiger partial charge < -0.3 is 9.47 Å². The van der Waals surface area contributed by atoms with Crippen molar-refractivity contribution in [2.24, 2.45) is 5.10 Å². The molecule has 3 heterocycles. The van der Waals surface area contributed by atoms with Crippen LogP contribution in [-0.4, -0.2) is 42.1 Å². The van der Waals surface area contributed by atoms with Gasteiger partial charge in [0, 0.05) is 25.1 Å². The van der Waals surface area contributed by atoms with Crippen molar-refractivity contribution in [2.45, 2.75) is 43.8 Å². The molecule has 0 radical (unpaired) electrons. The minimum absolute atomic E-state index is 0.0107. The minimum Gasteiger partial charge on any atom is -0.487 e. The molecule has 3 aliphatic rings. The van der Waals surface area contributed by atoms with Crippen LogP contribution in [0.2, 0.25) is 0 Å². The maximum absolute atomic E-state index is 14.3. The van der Waals surface area contributed by atoms with Crippen LogP contribution in [0.3, 0.4) is 0 Å². The summed E-state index contributed by atoms with van der Waals surface area (Å²) in [5.74, 6) is -4.57. The van der Waals surface area contributed by atoms with Gasteiger partial charge in [-0.2, -0.15) is 22.7 Å². The van der Waals surface area contributed by atoms with E-state index < -0.39 is 29.4 Å². The molecule has 0 aliphatic carbocycles. The number of nitrogens with zero attached hydrogens (tertiary/aromatic N) is 3. The molecule has 1 unspecified atom stereocenters. The second-order valence-corrected chi connectivity index (χ2v) is 10.6. The monoisotopic (exact) mass is 539 g/mol. The van der Waals surface area contributed by atoms with E-state index in [1.807, 2.05) is 62.4 Å². The van der Waals surface area contributed by atoms with Crippen molar-refractivity contribution in [3.63, 3.8) is 0 Å². The van der Waals surface area contributed by atoms with Gasteiger partial charge in [-0.25, -0.2) is 9.80 Å². The van der Waals surface area contributed by atoms with E-state index in [4.69, 9.17) is 4.74 Å². The molecule has 202 valence electrons. The van der Waals surface area contributed by atoms with Gasteiger partial charge in [-0.15, -0.1) is 0 Å². The second-order valence-electron chi connectivity index (χ2n) is 10.6. The van der Waals surface area contributed by atoms with Crippen molar-refractivity contribution in [2.75, 3.05) is 18.5 Å². The molecule has 39 heavy (non-hydrogen) atoms. The summed E-state index contributed by atoms with van der Waals surface area (Å²) in [6, 6.07) is 18.0. The summed E-state index contributed by atoms with van der Waals surface area (Å²) < 4.78 is 66.1. The van der Waals surface area contributed by atoms with E-state index in [1.54, 1.807) is 0 Å². The first-order chi connectivity index (χ1) is 18.4. The number of hydrogen-bond acceptors (Lipinski definition) is 4. The Balaban J connectivity index is 1.33. The van der Waals surface area contributed by atoms with Gasteiger partial charge in [-0.05, 0) is 66.9 Å². The number of carbonyl (C=O) groups is 1. The van der Waals surface area contributed by atoms with Crippen LogP contribution in [0, 0.1) is 0 Å². The SMILES string of the molecule is CN(C(=O)N1CC(c2ccccc2)C(c2ccc3c(c2)CC(C)(C)O3)=N1)c1ccc2c(c1)C(F)(F)C(F)(F)O2. The summed E-state index contributed by atoms with van der Waals surface area (Å²) in [6.07, 6.45) is -3.93. The minimum atomic E-state index is -4.66. The fourth-order valence-corrected chi connectivity index (χ4v) is 5.30. The first kappa shape index (κ1) is 25.2. The molecule has 0 saturated carbocycles. The maximum atomic E-state index is 14.3. The van der Waals surface area contributed by atoms with Crippen LogP contribution in [0.4, 0.5) is 28.0 Å². The van der Waals surface area contributed by atoms with Crippen LogP contribution < -0.4 is 14.4 Å². The lowest BCUT2D eigenvalue weighted by Gasteiger charge is -2.23. The molecule has 0 spiro atoms. The number of amides is 2. The fourth-order valence-electron chi connectivity index (χ4n) is 5.30. The van der Waals surface area contributed by atoms with Gasteiger partial charge >= 0.3 is 18.1 Å². The lowest BCUT2D eigenvalue weighted by Crippen LogP contribution is -2.38. The number of benzene rings is 3. The van der Waals surface area contributed by atoms with Gasteiger partial charge in [0.1, 0.15) is 17.1 Å². The molecule has 10 heteroatoms. The van der Waals surface area contributed by atoms with Crippen molar-refractivity contribution in [3.05, 3.63) is 89.0 Å². The third-order valence-corrected chi connectivity index (χ3v) is 7.27. The van der Waals surface area contributed by atoms with Gasteiger partial charge in [-0.3, -0.25) is 4.90 Å². The number of hydrogen-bond donors (Lipinski definition) is 0. The lowest BCUT2D eigenvalue weighted by atomic mass is 9.89. The van der Waals surface area contributed by atoms with Gasteiger partial charge in [0.2, 0.25) is 0 Å². The predicted molar refractivity (Wildman–Crippen MR) is 137 cm³/mol. The number of alkyl halides is 4. The molecular weight excluding hydrogens is 514 g/mol. The average molecular weight is 540 g/mol. The highest BCUT2D eigenvalue weighted by atomic mass is 19.3. The van der Waals surface area contributed by atoms with Crippen LogP contribution in [0.15, 0.2) is 71.8 Å². The average Bonchev–Trinajstić information content (AvgIpc) is 3.52. The van der Waals surface area contributed by atoms with E-state index in [2.05, 4.69) is 9.84 Å². The maximum Gasteiger partial charge on any atom is 0.469 e.